The van der Waals surface area contributed by atoms with Crippen LogP contribution in [0.15, 0.2) is 30.3 Å². The van der Waals surface area contributed by atoms with Crippen LogP contribution in [0.1, 0.15) is 35.6 Å². The minimum absolute atomic E-state index is 0.151. The molecule has 7 heteroatoms. The van der Waals surface area contributed by atoms with Gasteiger partial charge in [0.15, 0.2) is 0 Å². The quantitative estimate of drug-likeness (QED) is 0.631. The van der Waals surface area contributed by atoms with Crippen LogP contribution in [0.3, 0.4) is 0 Å². The van der Waals surface area contributed by atoms with Crippen molar-refractivity contribution in [3.05, 3.63) is 47.3 Å². The van der Waals surface area contributed by atoms with Gasteiger partial charge in [0.1, 0.15) is 0 Å². The first-order valence-electron chi connectivity index (χ1n) is 9.54. The lowest BCUT2D eigenvalue weighted by molar-refractivity contribution is -0.0159. The monoisotopic (exact) mass is 389 g/mol. The Bertz CT molecular complexity index is 756. The van der Waals surface area contributed by atoms with Crippen LogP contribution >= 0.6 is 0 Å². The zero-order valence-corrected chi connectivity index (χ0v) is 17.4. The summed E-state index contributed by atoms with van der Waals surface area (Å²) in [4.78, 5) is 14.1. The predicted octanol–water partition coefficient (Wildman–Crippen LogP) is 2.36. The van der Waals surface area contributed by atoms with E-state index >= 15 is 0 Å². The lowest BCUT2D eigenvalue weighted by atomic mass is 10.1. The number of carbonyl (C=O) groups is 1. The molecule has 0 aliphatic carbocycles. The molecule has 1 heterocycles. The summed E-state index contributed by atoms with van der Waals surface area (Å²) in [5.41, 5.74) is 3.45. The van der Waals surface area contributed by atoms with Crippen molar-refractivity contribution in [3.8, 4) is 5.69 Å². The Morgan fingerprint density at radius 1 is 1.21 bits per heavy atom. The molecular weight excluding hydrogens is 358 g/mol. The zero-order chi connectivity index (χ0) is 20.7. The summed E-state index contributed by atoms with van der Waals surface area (Å²) in [6, 6.07) is 9.29. The van der Waals surface area contributed by atoms with Gasteiger partial charge in [-0.2, -0.15) is 5.10 Å². The van der Waals surface area contributed by atoms with E-state index in [1.807, 2.05) is 50.6 Å². The van der Waals surface area contributed by atoms with Crippen molar-refractivity contribution >= 4 is 5.91 Å². The molecule has 7 nitrogen and oxygen atoms in total. The molecule has 2 rings (SSSR count). The summed E-state index contributed by atoms with van der Waals surface area (Å²) in [5.74, 6) is -0.151. The molecule has 28 heavy (non-hydrogen) atoms. The summed E-state index contributed by atoms with van der Waals surface area (Å²) in [6.07, 6.45) is -0.591. The van der Waals surface area contributed by atoms with E-state index in [0.29, 0.717) is 18.8 Å². The van der Waals surface area contributed by atoms with Gasteiger partial charge in [0.25, 0.3) is 5.91 Å². The van der Waals surface area contributed by atoms with Crippen LogP contribution in [0, 0.1) is 13.8 Å². The van der Waals surface area contributed by atoms with Crippen molar-refractivity contribution in [1.29, 1.82) is 0 Å². The minimum Gasteiger partial charge on any atom is -0.389 e. The van der Waals surface area contributed by atoms with Crippen LogP contribution in [0.25, 0.3) is 5.69 Å². The molecule has 0 spiro atoms. The van der Waals surface area contributed by atoms with E-state index in [1.165, 1.54) is 4.90 Å². The third kappa shape index (κ3) is 6.44. The number of aliphatic hydroxyl groups excluding tert-OH is 1. The normalized spacial score (nSPS) is 12.4. The number of amides is 1. The summed E-state index contributed by atoms with van der Waals surface area (Å²) in [5, 5.41) is 14.5. The Hall–Kier alpha value is -2.22. The highest BCUT2D eigenvalue weighted by molar-refractivity contribution is 5.94. The van der Waals surface area contributed by atoms with Crippen LogP contribution in [-0.2, 0) is 9.47 Å². The maximum absolute atomic E-state index is 12.6. The number of rotatable bonds is 10. The lowest BCUT2D eigenvalue weighted by Gasteiger charge is -2.21. The van der Waals surface area contributed by atoms with Gasteiger partial charge in [-0.3, -0.25) is 4.79 Å². The summed E-state index contributed by atoms with van der Waals surface area (Å²) in [6.45, 7) is 9.12. The summed E-state index contributed by atoms with van der Waals surface area (Å²) >= 11 is 0. The molecule has 0 saturated carbocycles. The number of aryl methyl sites for hydroxylation is 2. The van der Waals surface area contributed by atoms with E-state index in [4.69, 9.17) is 9.47 Å². The van der Waals surface area contributed by atoms with Gasteiger partial charge in [0.2, 0.25) is 0 Å². The van der Waals surface area contributed by atoms with Crippen molar-refractivity contribution in [2.45, 2.75) is 39.9 Å². The van der Waals surface area contributed by atoms with E-state index < -0.39 is 6.10 Å². The van der Waals surface area contributed by atoms with E-state index in [2.05, 4.69) is 5.10 Å². The fraction of sp³-hybridized carbons (Fsp3) is 0.524. The number of nitrogens with zero attached hydrogens (tertiary/aromatic N) is 3. The van der Waals surface area contributed by atoms with Crippen LogP contribution in [-0.4, -0.2) is 71.3 Å². The van der Waals surface area contributed by atoms with Crippen LogP contribution in [0.5, 0.6) is 0 Å². The minimum atomic E-state index is -0.748. The first-order chi connectivity index (χ1) is 13.3. The maximum atomic E-state index is 12.6. The second-order valence-corrected chi connectivity index (χ2v) is 7.22. The van der Waals surface area contributed by atoms with Crippen LogP contribution in [0.2, 0.25) is 0 Å². The second-order valence-electron chi connectivity index (χ2n) is 7.22. The second kappa shape index (κ2) is 10.4. The molecular formula is C21H31N3O4. The smallest absolute Gasteiger partial charge is 0.253 e. The Balaban J connectivity index is 1.84. The van der Waals surface area contributed by atoms with E-state index in [-0.39, 0.29) is 25.2 Å². The average molecular weight is 389 g/mol. The SMILES string of the molecule is Cc1cc(C)n(-c2ccc(C(=O)N(C)C[C@H](O)COCCOC(C)C)cc2)n1. The van der Waals surface area contributed by atoms with Gasteiger partial charge < -0.3 is 19.5 Å². The Morgan fingerprint density at radius 2 is 1.89 bits per heavy atom. The van der Waals surface area contributed by atoms with E-state index in [9.17, 15) is 9.90 Å². The van der Waals surface area contributed by atoms with Crippen molar-refractivity contribution in [2.24, 2.45) is 0 Å². The molecule has 1 N–H and O–H groups in total. The van der Waals surface area contributed by atoms with Crippen LogP contribution < -0.4 is 0 Å². The van der Waals surface area contributed by atoms with Crippen molar-refractivity contribution in [3.63, 3.8) is 0 Å². The highest BCUT2D eigenvalue weighted by atomic mass is 16.5. The number of aromatic nitrogens is 2. The van der Waals surface area contributed by atoms with Gasteiger partial charge >= 0.3 is 0 Å². The highest BCUT2D eigenvalue weighted by Gasteiger charge is 2.16. The average Bonchev–Trinajstić information content (AvgIpc) is 2.98. The number of carbonyl (C=O) groups excluding carboxylic acids is 1. The molecule has 0 unspecified atom stereocenters. The molecule has 0 radical (unpaired) electrons. The van der Waals surface area contributed by atoms with Gasteiger partial charge in [-0.15, -0.1) is 0 Å². The molecule has 154 valence electrons. The lowest BCUT2D eigenvalue weighted by Crippen LogP contribution is -2.36. The fourth-order valence-corrected chi connectivity index (χ4v) is 2.87. The van der Waals surface area contributed by atoms with Gasteiger partial charge in [-0.1, -0.05) is 0 Å². The molecule has 0 fully saturated rings. The number of benzene rings is 1. The van der Waals surface area contributed by atoms with Gasteiger partial charge in [0, 0.05) is 24.8 Å². The third-order valence-electron chi connectivity index (χ3n) is 4.19. The standard InChI is InChI=1S/C21H31N3O4/c1-15(2)28-11-10-27-14-20(25)13-23(5)21(26)18-6-8-19(9-7-18)24-17(4)12-16(3)22-24/h6-9,12,15,20,25H,10-11,13-14H2,1-5H3/t20-/m0/s1. The largest absolute Gasteiger partial charge is 0.389 e. The number of hydrogen-bond acceptors (Lipinski definition) is 5. The molecule has 1 aromatic carbocycles. The van der Waals surface area contributed by atoms with E-state index in [1.54, 1.807) is 19.2 Å². The van der Waals surface area contributed by atoms with Crippen molar-refractivity contribution < 1.29 is 19.4 Å². The van der Waals surface area contributed by atoms with Gasteiger partial charge in [-0.25, -0.2) is 4.68 Å². The Kier molecular flexibility index (Phi) is 8.17. The molecule has 0 bridgehead atoms. The first kappa shape index (κ1) is 22.1. The number of hydrogen-bond donors (Lipinski definition) is 1. The molecule has 1 atom stereocenters. The van der Waals surface area contributed by atoms with E-state index in [0.717, 1.165) is 17.1 Å². The topological polar surface area (TPSA) is 76.8 Å². The third-order valence-corrected chi connectivity index (χ3v) is 4.19. The van der Waals surface area contributed by atoms with Gasteiger partial charge in [-0.05, 0) is 58.0 Å². The molecule has 0 aliphatic rings. The fourth-order valence-electron chi connectivity index (χ4n) is 2.87. The Morgan fingerprint density at radius 3 is 2.46 bits per heavy atom. The molecule has 1 aromatic heterocycles. The number of likely N-dealkylation sites (N-methyl/N-ethyl adjacent to an activating group) is 1. The number of aliphatic hydroxyl groups is 1. The Labute approximate surface area is 166 Å². The molecule has 0 saturated heterocycles. The molecule has 1 amide bonds. The zero-order valence-electron chi connectivity index (χ0n) is 17.4. The van der Waals surface area contributed by atoms with Crippen molar-refractivity contribution in [2.75, 3.05) is 33.4 Å². The highest BCUT2D eigenvalue weighted by Crippen LogP contribution is 2.14. The van der Waals surface area contributed by atoms with Crippen molar-refractivity contribution in [1.82, 2.24) is 14.7 Å². The summed E-state index contributed by atoms with van der Waals surface area (Å²) in [7, 11) is 1.67. The predicted molar refractivity (Wildman–Crippen MR) is 108 cm³/mol. The summed E-state index contributed by atoms with van der Waals surface area (Å²) < 4.78 is 12.6. The molecule has 2 aromatic rings. The maximum Gasteiger partial charge on any atom is 0.253 e. The van der Waals surface area contributed by atoms with Gasteiger partial charge in [0.05, 0.1) is 43.4 Å². The van der Waals surface area contributed by atoms with Crippen LogP contribution in [0.4, 0.5) is 0 Å². The number of ether oxygens (including phenoxy) is 2. The first-order valence-corrected chi connectivity index (χ1v) is 9.54. The molecule has 0 aliphatic heterocycles.